The summed E-state index contributed by atoms with van der Waals surface area (Å²) in [5.41, 5.74) is 13.7. The minimum Gasteiger partial charge on any atom is -0.339 e. The summed E-state index contributed by atoms with van der Waals surface area (Å²) in [4.78, 5) is 14.5. The van der Waals surface area contributed by atoms with Gasteiger partial charge in [-0.15, -0.1) is 5.53 Å². The lowest BCUT2D eigenvalue weighted by atomic mass is 9.97. The zero-order valence-corrected chi connectivity index (χ0v) is 15.0. The first-order valence-corrected chi connectivity index (χ1v) is 9.41. The van der Waals surface area contributed by atoms with Gasteiger partial charge in [-0.25, -0.2) is 0 Å². The highest BCUT2D eigenvalue weighted by atomic mass is 16.2. The highest BCUT2D eigenvalue weighted by Crippen LogP contribution is 2.34. The molecule has 1 saturated heterocycles. The quantitative estimate of drug-likeness (QED) is 0.646. The number of amides is 1. The number of aromatic nitrogens is 2. The topological polar surface area (TPSA) is 91.5 Å². The van der Waals surface area contributed by atoms with Gasteiger partial charge in [0.2, 0.25) is 5.91 Å². The van der Waals surface area contributed by atoms with E-state index in [0.29, 0.717) is 18.5 Å². The SMILES string of the molecule is NCC1=CN(C[C@@H]2CCCN(C(=O)/C=C/c3cnn(C4CC4)c3)C2)NN1. The fraction of sp³-hybridized carbons (Fsp3) is 0.556. The molecule has 1 amide bonds. The van der Waals surface area contributed by atoms with Gasteiger partial charge in [-0.1, -0.05) is 0 Å². The molecule has 2 fully saturated rings. The fourth-order valence-electron chi connectivity index (χ4n) is 3.54. The lowest BCUT2D eigenvalue weighted by Gasteiger charge is -2.34. The first-order chi connectivity index (χ1) is 12.7. The molecule has 1 aromatic heterocycles. The van der Waals surface area contributed by atoms with Crippen LogP contribution in [0, 0.1) is 5.92 Å². The lowest BCUT2D eigenvalue weighted by molar-refractivity contribution is -0.127. The monoisotopic (exact) mass is 357 g/mol. The Morgan fingerprint density at radius 3 is 3.04 bits per heavy atom. The van der Waals surface area contributed by atoms with E-state index in [2.05, 4.69) is 16.1 Å². The molecule has 2 aliphatic heterocycles. The Kier molecular flexibility index (Phi) is 4.94. The third-order valence-electron chi connectivity index (χ3n) is 5.14. The van der Waals surface area contributed by atoms with Gasteiger partial charge in [-0.3, -0.25) is 14.5 Å². The predicted molar refractivity (Wildman–Crippen MR) is 99.0 cm³/mol. The maximum atomic E-state index is 12.5. The Bertz CT molecular complexity index is 706. The first-order valence-electron chi connectivity index (χ1n) is 9.41. The third-order valence-corrected chi connectivity index (χ3v) is 5.14. The van der Waals surface area contributed by atoms with Crippen molar-refractivity contribution in [2.75, 3.05) is 26.2 Å². The summed E-state index contributed by atoms with van der Waals surface area (Å²) >= 11 is 0. The molecule has 1 aliphatic carbocycles. The van der Waals surface area contributed by atoms with Crippen molar-refractivity contribution in [3.05, 3.63) is 35.9 Å². The average Bonchev–Trinajstić information content (AvgIpc) is 3.23. The van der Waals surface area contributed by atoms with Crippen molar-refractivity contribution >= 4 is 12.0 Å². The number of hydrazine groups is 2. The number of hydrogen-bond donors (Lipinski definition) is 3. The van der Waals surface area contributed by atoms with Crippen molar-refractivity contribution in [2.24, 2.45) is 11.7 Å². The molecule has 8 heteroatoms. The molecular weight excluding hydrogens is 330 g/mol. The molecule has 1 aromatic rings. The van der Waals surface area contributed by atoms with Crippen LogP contribution in [0.4, 0.5) is 0 Å². The van der Waals surface area contributed by atoms with Crippen molar-refractivity contribution in [1.82, 2.24) is 30.6 Å². The average molecular weight is 357 g/mol. The zero-order valence-electron chi connectivity index (χ0n) is 15.0. The second-order valence-corrected chi connectivity index (χ2v) is 7.36. The second-order valence-electron chi connectivity index (χ2n) is 7.36. The number of nitrogens with two attached hydrogens (primary N) is 1. The van der Waals surface area contributed by atoms with Crippen LogP contribution < -0.4 is 16.7 Å². The second kappa shape index (κ2) is 7.51. The van der Waals surface area contributed by atoms with E-state index in [9.17, 15) is 4.79 Å². The van der Waals surface area contributed by atoms with Gasteiger partial charge in [0.05, 0.1) is 17.9 Å². The van der Waals surface area contributed by atoms with Crippen molar-refractivity contribution in [1.29, 1.82) is 0 Å². The Morgan fingerprint density at radius 1 is 1.38 bits per heavy atom. The van der Waals surface area contributed by atoms with E-state index in [1.165, 1.54) is 12.8 Å². The molecule has 0 aromatic carbocycles. The molecule has 0 bridgehead atoms. The molecule has 1 saturated carbocycles. The van der Waals surface area contributed by atoms with Crippen molar-refractivity contribution < 1.29 is 4.79 Å². The largest absolute Gasteiger partial charge is 0.339 e. The van der Waals surface area contributed by atoms with E-state index in [1.54, 1.807) is 6.08 Å². The molecule has 8 nitrogen and oxygen atoms in total. The van der Waals surface area contributed by atoms with Gasteiger partial charge >= 0.3 is 0 Å². The molecule has 3 aliphatic rings. The molecule has 0 spiro atoms. The number of hydrogen-bond acceptors (Lipinski definition) is 6. The molecule has 0 unspecified atom stereocenters. The molecule has 4 N–H and O–H groups in total. The van der Waals surface area contributed by atoms with Crippen LogP contribution in [0.15, 0.2) is 30.4 Å². The van der Waals surface area contributed by atoms with Gasteiger partial charge < -0.3 is 16.1 Å². The summed E-state index contributed by atoms with van der Waals surface area (Å²) in [6.07, 6.45) is 14.0. The van der Waals surface area contributed by atoms with Crippen LogP contribution >= 0.6 is 0 Å². The van der Waals surface area contributed by atoms with Gasteiger partial charge in [-0.05, 0) is 37.7 Å². The van der Waals surface area contributed by atoms with Gasteiger partial charge in [0.15, 0.2) is 0 Å². The highest BCUT2D eigenvalue weighted by molar-refractivity contribution is 5.91. The Labute approximate surface area is 153 Å². The maximum absolute atomic E-state index is 12.5. The Hall–Kier alpha value is -2.32. The molecule has 26 heavy (non-hydrogen) atoms. The smallest absolute Gasteiger partial charge is 0.246 e. The fourth-order valence-corrected chi connectivity index (χ4v) is 3.54. The first kappa shape index (κ1) is 17.1. The van der Waals surface area contributed by atoms with Crippen LogP contribution in [-0.4, -0.2) is 51.8 Å². The minimum absolute atomic E-state index is 0.0829. The summed E-state index contributed by atoms with van der Waals surface area (Å²) in [6, 6.07) is 0.568. The van der Waals surface area contributed by atoms with E-state index in [1.807, 2.05) is 39.3 Å². The highest BCUT2D eigenvalue weighted by Gasteiger charge is 2.25. The number of nitrogens with one attached hydrogen (secondary N) is 2. The molecule has 0 radical (unpaired) electrons. The van der Waals surface area contributed by atoms with Crippen LogP contribution in [0.1, 0.15) is 37.3 Å². The maximum Gasteiger partial charge on any atom is 0.246 e. The number of carbonyl (C=O) groups excluding carboxylic acids is 1. The number of nitrogens with zero attached hydrogens (tertiary/aromatic N) is 4. The van der Waals surface area contributed by atoms with Gasteiger partial charge in [0.1, 0.15) is 0 Å². The summed E-state index contributed by atoms with van der Waals surface area (Å²) in [5.74, 6) is 0.529. The van der Waals surface area contributed by atoms with Crippen LogP contribution in [0.25, 0.3) is 6.08 Å². The van der Waals surface area contributed by atoms with Crippen LogP contribution in [0.2, 0.25) is 0 Å². The van der Waals surface area contributed by atoms with Crippen LogP contribution in [0.3, 0.4) is 0 Å². The van der Waals surface area contributed by atoms with Crippen molar-refractivity contribution in [3.63, 3.8) is 0 Å². The Morgan fingerprint density at radius 2 is 2.27 bits per heavy atom. The van der Waals surface area contributed by atoms with Gasteiger partial charge in [0, 0.05) is 50.2 Å². The van der Waals surface area contributed by atoms with Gasteiger partial charge in [0.25, 0.3) is 0 Å². The number of likely N-dealkylation sites (tertiary alicyclic amines) is 1. The van der Waals surface area contributed by atoms with Crippen LogP contribution in [-0.2, 0) is 4.79 Å². The number of carbonyl (C=O) groups is 1. The molecular formula is C18H27N7O. The molecule has 140 valence electrons. The summed E-state index contributed by atoms with van der Waals surface area (Å²) in [6.45, 7) is 2.96. The Balaban J connectivity index is 1.29. The minimum atomic E-state index is 0.0829. The molecule has 1 atom stereocenters. The van der Waals surface area contributed by atoms with E-state index in [0.717, 1.165) is 43.7 Å². The van der Waals surface area contributed by atoms with E-state index < -0.39 is 0 Å². The van der Waals surface area contributed by atoms with Crippen LogP contribution in [0.5, 0.6) is 0 Å². The molecule has 3 heterocycles. The third kappa shape index (κ3) is 4.08. The van der Waals surface area contributed by atoms with Crippen molar-refractivity contribution in [2.45, 2.75) is 31.7 Å². The summed E-state index contributed by atoms with van der Waals surface area (Å²) in [5, 5.41) is 6.38. The normalized spacial score (nSPS) is 23.4. The number of piperidine rings is 1. The lowest BCUT2D eigenvalue weighted by Crippen LogP contribution is -2.45. The zero-order chi connectivity index (χ0) is 17.9. The standard InChI is InChI=1S/C18H27N7O/c19-8-16-13-24(22-21-16)11-15-2-1-7-23(10-15)18(26)6-3-14-9-20-25(12-14)17-4-5-17/h3,6,9,12-13,15,17,21-22H,1-2,4-5,7-8,10-11,19H2/b6-3+/t15-/m1/s1. The number of rotatable bonds is 6. The van der Waals surface area contributed by atoms with E-state index in [4.69, 9.17) is 5.73 Å². The molecule has 4 rings (SSSR count). The van der Waals surface area contributed by atoms with E-state index in [-0.39, 0.29) is 5.91 Å². The van der Waals surface area contributed by atoms with Gasteiger partial charge in [-0.2, -0.15) is 5.10 Å². The van der Waals surface area contributed by atoms with Crippen molar-refractivity contribution in [3.8, 4) is 0 Å². The van der Waals surface area contributed by atoms with E-state index >= 15 is 0 Å². The predicted octanol–water partition coefficient (Wildman–Crippen LogP) is 0.595. The summed E-state index contributed by atoms with van der Waals surface area (Å²) < 4.78 is 2.00. The summed E-state index contributed by atoms with van der Waals surface area (Å²) in [7, 11) is 0.